The van der Waals surface area contributed by atoms with E-state index < -0.39 is 0 Å². The van der Waals surface area contributed by atoms with Crippen LogP contribution in [0.1, 0.15) is 35.6 Å². The molecule has 3 nitrogen and oxygen atoms in total. The third-order valence-electron chi connectivity index (χ3n) is 3.70. The van der Waals surface area contributed by atoms with Gasteiger partial charge in [0.15, 0.2) is 0 Å². The molecule has 2 N–H and O–H groups in total. The summed E-state index contributed by atoms with van der Waals surface area (Å²) < 4.78 is 5.71. The summed E-state index contributed by atoms with van der Waals surface area (Å²) in [5, 5.41) is 0. The quantitative estimate of drug-likeness (QED) is 0.822. The molecule has 1 atom stereocenters. The van der Waals surface area contributed by atoms with Gasteiger partial charge in [-0.25, -0.2) is 0 Å². The van der Waals surface area contributed by atoms with Crippen LogP contribution in [0.2, 0.25) is 0 Å². The fraction of sp³-hybridized carbons (Fsp3) is 0.333. The molecular weight excluding hydrogens is 224 g/mol. The van der Waals surface area contributed by atoms with Gasteiger partial charge in [-0.3, -0.25) is 4.90 Å². The van der Waals surface area contributed by atoms with Crippen molar-refractivity contribution < 1.29 is 4.42 Å². The maximum absolute atomic E-state index is 5.83. The van der Waals surface area contributed by atoms with Crippen molar-refractivity contribution in [1.29, 1.82) is 0 Å². The van der Waals surface area contributed by atoms with E-state index in [-0.39, 0.29) is 0 Å². The summed E-state index contributed by atoms with van der Waals surface area (Å²) in [4.78, 5) is 2.41. The zero-order valence-electron chi connectivity index (χ0n) is 10.8. The SMILES string of the molecule is Cc1ccc(C(C)N2Cc3ccc(N)cc3C2)o1. The van der Waals surface area contributed by atoms with Gasteiger partial charge in [-0.05, 0) is 49.2 Å². The summed E-state index contributed by atoms with van der Waals surface area (Å²) in [5.41, 5.74) is 9.39. The number of aryl methyl sites for hydroxylation is 1. The molecule has 0 fully saturated rings. The Bertz CT molecular complexity index is 574. The van der Waals surface area contributed by atoms with Gasteiger partial charge >= 0.3 is 0 Å². The molecule has 18 heavy (non-hydrogen) atoms. The van der Waals surface area contributed by atoms with E-state index in [1.54, 1.807) is 0 Å². The van der Waals surface area contributed by atoms with E-state index in [1.165, 1.54) is 11.1 Å². The normalized spacial score (nSPS) is 16.8. The van der Waals surface area contributed by atoms with E-state index in [1.807, 2.05) is 19.1 Å². The molecule has 2 aromatic rings. The molecule has 3 rings (SSSR count). The Hall–Kier alpha value is -1.74. The Kier molecular flexibility index (Phi) is 2.63. The number of nitrogens with zero attached hydrogens (tertiary/aromatic N) is 1. The van der Waals surface area contributed by atoms with Crippen molar-refractivity contribution in [2.24, 2.45) is 0 Å². The van der Waals surface area contributed by atoms with Crippen molar-refractivity contribution in [3.05, 3.63) is 53.0 Å². The van der Waals surface area contributed by atoms with Gasteiger partial charge in [-0.15, -0.1) is 0 Å². The lowest BCUT2D eigenvalue weighted by atomic mass is 10.1. The fourth-order valence-corrected chi connectivity index (χ4v) is 2.57. The average Bonchev–Trinajstić information content (AvgIpc) is 2.93. The molecule has 0 radical (unpaired) electrons. The molecule has 0 saturated heterocycles. The molecule has 2 heterocycles. The second kappa shape index (κ2) is 4.18. The van der Waals surface area contributed by atoms with Gasteiger partial charge in [-0.2, -0.15) is 0 Å². The van der Waals surface area contributed by atoms with Gasteiger partial charge in [0.25, 0.3) is 0 Å². The van der Waals surface area contributed by atoms with Crippen LogP contribution in [0.25, 0.3) is 0 Å². The summed E-state index contributed by atoms with van der Waals surface area (Å²) in [6.07, 6.45) is 0. The lowest BCUT2D eigenvalue weighted by Gasteiger charge is -2.21. The van der Waals surface area contributed by atoms with E-state index in [2.05, 4.69) is 30.0 Å². The van der Waals surface area contributed by atoms with Crippen LogP contribution in [0.4, 0.5) is 5.69 Å². The smallest absolute Gasteiger partial charge is 0.121 e. The molecule has 0 saturated carbocycles. The van der Waals surface area contributed by atoms with E-state index >= 15 is 0 Å². The van der Waals surface area contributed by atoms with Crippen molar-refractivity contribution in [3.63, 3.8) is 0 Å². The van der Waals surface area contributed by atoms with Crippen molar-refractivity contribution >= 4 is 5.69 Å². The zero-order valence-corrected chi connectivity index (χ0v) is 10.8. The van der Waals surface area contributed by atoms with Crippen LogP contribution in [-0.2, 0) is 13.1 Å². The molecule has 0 aliphatic carbocycles. The molecule has 0 bridgehead atoms. The number of benzene rings is 1. The van der Waals surface area contributed by atoms with Gasteiger partial charge < -0.3 is 10.2 Å². The Balaban J connectivity index is 1.81. The topological polar surface area (TPSA) is 42.4 Å². The highest BCUT2D eigenvalue weighted by molar-refractivity contribution is 5.46. The number of hydrogen-bond donors (Lipinski definition) is 1. The van der Waals surface area contributed by atoms with Crippen LogP contribution in [0.15, 0.2) is 34.7 Å². The van der Waals surface area contributed by atoms with Gasteiger partial charge in [0.2, 0.25) is 0 Å². The van der Waals surface area contributed by atoms with E-state index in [0.717, 1.165) is 30.3 Å². The van der Waals surface area contributed by atoms with E-state index in [0.29, 0.717) is 6.04 Å². The highest BCUT2D eigenvalue weighted by atomic mass is 16.3. The summed E-state index contributed by atoms with van der Waals surface area (Å²) in [6, 6.07) is 10.6. The minimum absolute atomic E-state index is 0.298. The van der Waals surface area contributed by atoms with E-state index in [4.69, 9.17) is 10.2 Å². The zero-order chi connectivity index (χ0) is 12.7. The second-order valence-electron chi connectivity index (χ2n) is 5.06. The van der Waals surface area contributed by atoms with Gasteiger partial charge in [-0.1, -0.05) is 6.07 Å². The Morgan fingerprint density at radius 2 is 1.94 bits per heavy atom. The van der Waals surface area contributed by atoms with Crippen molar-refractivity contribution in [1.82, 2.24) is 4.90 Å². The summed E-state index contributed by atoms with van der Waals surface area (Å²) in [6.45, 7) is 6.08. The van der Waals surface area contributed by atoms with Crippen molar-refractivity contribution in [3.8, 4) is 0 Å². The Morgan fingerprint density at radius 1 is 1.17 bits per heavy atom. The summed E-state index contributed by atoms with van der Waals surface area (Å²) >= 11 is 0. The van der Waals surface area contributed by atoms with Crippen LogP contribution in [-0.4, -0.2) is 4.90 Å². The second-order valence-corrected chi connectivity index (χ2v) is 5.06. The lowest BCUT2D eigenvalue weighted by molar-refractivity contribution is 0.189. The number of nitrogens with two attached hydrogens (primary N) is 1. The summed E-state index contributed by atoms with van der Waals surface area (Å²) in [7, 11) is 0. The first-order valence-electron chi connectivity index (χ1n) is 6.31. The fourth-order valence-electron chi connectivity index (χ4n) is 2.57. The number of hydrogen-bond acceptors (Lipinski definition) is 3. The molecule has 1 aromatic carbocycles. The minimum atomic E-state index is 0.298. The molecular formula is C15H18N2O. The first-order valence-corrected chi connectivity index (χ1v) is 6.31. The van der Waals surface area contributed by atoms with Gasteiger partial charge in [0, 0.05) is 18.8 Å². The third-order valence-corrected chi connectivity index (χ3v) is 3.70. The van der Waals surface area contributed by atoms with Crippen molar-refractivity contribution in [2.45, 2.75) is 33.0 Å². The predicted octanol–water partition coefficient (Wildman–Crippen LogP) is 3.25. The van der Waals surface area contributed by atoms with Gasteiger partial charge in [0.1, 0.15) is 11.5 Å². The molecule has 1 unspecified atom stereocenters. The molecule has 3 heteroatoms. The predicted molar refractivity (Wildman–Crippen MR) is 72.0 cm³/mol. The summed E-state index contributed by atoms with van der Waals surface area (Å²) in [5.74, 6) is 2.01. The number of furan rings is 1. The van der Waals surface area contributed by atoms with Crippen molar-refractivity contribution in [2.75, 3.05) is 5.73 Å². The standard InChI is InChI=1S/C15H18N2O/c1-10-3-6-15(18-10)11(2)17-8-12-4-5-14(16)7-13(12)9-17/h3-7,11H,8-9,16H2,1-2H3. The Labute approximate surface area is 107 Å². The van der Waals surface area contributed by atoms with Crippen LogP contribution < -0.4 is 5.73 Å². The van der Waals surface area contributed by atoms with Gasteiger partial charge in [0.05, 0.1) is 6.04 Å². The first-order chi connectivity index (χ1) is 8.63. The molecule has 1 aliphatic heterocycles. The number of rotatable bonds is 2. The van der Waals surface area contributed by atoms with E-state index in [9.17, 15) is 0 Å². The average molecular weight is 242 g/mol. The maximum Gasteiger partial charge on any atom is 0.121 e. The maximum atomic E-state index is 5.83. The molecule has 1 aliphatic rings. The largest absolute Gasteiger partial charge is 0.465 e. The Morgan fingerprint density at radius 3 is 2.67 bits per heavy atom. The number of fused-ring (bicyclic) bond motifs is 1. The van der Waals surface area contributed by atoms with Crippen LogP contribution >= 0.6 is 0 Å². The molecule has 1 aromatic heterocycles. The minimum Gasteiger partial charge on any atom is -0.465 e. The molecule has 94 valence electrons. The highest BCUT2D eigenvalue weighted by Gasteiger charge is 2.25. The highest BCUT2D eigenvalue weighted by Crippen LogP contribution is 2.32. The molecule has 0 amide bonds. The lowest BCUT2D eigenvalue weighted by Crippen LogP contribution is -2.20. The van der Waals surface area contributed by atoms with Crippen LogP contribution in [0.5, 0.6) is 0 Å². The number of nitrogen functional groups attached to an aromatic ring is 1. The van der Waals surface area contributed by atoms with Crippen LogP contribution in [0, 0.1) is 6.92 Å². The van der Waals surface area contributed by atoms with Crippen LogP contribution in [0.3, 0.4) is 0 Å². The third kappa shape index (κ3) is 1.91. The first kappa shape index (κ1) is 11.4. The molecule has 0 spiro atoms. The monoisotopic (exact) mass is 242 g/mol. The number of anilines is 1.